The van der Waals surface area contributed by atoms with Crippen LogP contribution in [0.4, 0.5) is 0 Å². The third-order valence-electron chi connectivity index (χ3n) is 3.15. The maximum absolute atomic E-state index is 12.4. The topological polar surface area (TPSA) is 89.7 Å². The van der Waals surface area contributed by atoms with Gasteiger partial charge in [0.1, 0.15) is 0 Å². The highest BCUT2D eigenvalue weighted by molar-refractivity contribution is 9.10. The van der Waals surface area contributed by atoms with Crippen molar-refractivity contribution >= 4 is 31.9 Å². The van der Waals surface area contributed by atoms with E-state index in [0.29, 0.717) is 41.9 Å². The Balaban J connectivity index is 2.42. The van der Waals surface area contributed by atoms with E-state index in [1.54, 1.807) is 17.9 Å². The Hall–Kier alpha value is -0.960. The van der Waals surface area contributed by atoms with E-state index in [4.69, 9.17) is 9.88 Å². The molecule has 8 heteroatoms. The Bertz CT molecular complexity index is 639. The number of nitrogens with zero attached hydrogens (tertiary/aromatic N) is 1. The summed E-state index contributed by atoms with van der Waals surface area (Å²) in [5.74, 6) is -0.223. The van der Waals surface area contributed by atoms with Gasteiger partial charge in [-0.25, -0.2) is 13.6 Å². The molecule has 0 radical (unpaired) electrons. The molecule has 20 heavy (non-hydrogen) atoms. The van der Waals surface area contributed by atoms with Gasteiger partial charge in [0.25, 0.3) is 5.91 Å². The van der Waals surface area contributed by atoms with Gasteiger partial charge in [-0.15, -0.1) is 0 Å². The van der Waals surface area contributed by atoms with Crippen LogP contribution in [0, 0.1) is 6.92 Å². The van der Waals surface area contributed by atoms with E-state index >= 15 is 0 Å². The second-order valence-corrected chi connectivity index (χ2v) is 6.91. The van der Waals surface area contributed by atoms with Crippen molar-refractivity contribution in [2.45, 2.75) is 11.8 Å². The Labute approximate surface area is 126 Å². The van der Waals surface area contributed by atoms with Gasteiger partial charge in [-0.05, 0) is 24.6 Å². The summed E-state index contributed by atoms with van der Waals surface area (Å²) in [4.78, 5) is 14.0. The molecule has 1 aromatic carbocycles. The quantitative estimate of drug-likeness (QED) is 0.845. The fourth-order valence-corrected chi connectivity index (χ4v) is 3.44. The van der Waals surface area contributed by atoms with E-state index in [2.05, 4.69) is 15.9 Å². The lowest BCUT2D eigenvalue weighted by molar-refractivity contribution is 0.0302. The number of nitrogens with two attached hydrogens (primary N) is 1. The molecule has 2 N–H and O–H groups in total. The number of sulfonamides is 1. The second-order valence-electron chi connectivity index (χ2n) is 4.53. The number of carbonyl (C=O) groups excluding carboxylic acids is 1. The fraction of sp³-hybridized carbons (Fsp3) is 0.417. The fourth-order valence-electron chi connectivity index (χ4n) is 2.02. The summed E-state index contributed by atoms with van der Waals surface area (Å²) < 4.78 is 28.9. The zero-order valence-electron chi connectivity index (χ0n) is 10.9. The largest absolute Gasteiger partial charge is 0.378 e. The van der Waals surface area contributed by atoms with Gasteiger partial charge in [-0.3, -0.25) is 4.79 Å². The van der Waals surface area contributed by atoms with Crippen LogP contribution in [0.25, 0.3) is 0 Å². The van der Waals surface area contributed by atoms with Crippen LogP contribution in [0.1, 0.15) is 15.9 Å². The SMILES string of the molecule is Cc1c(Br)cc(C(=O)N2CCOCC2)cc1S(N)(=O)=O. The first-order valence-corrected chi connectivity index (χ1v) is 8.34. The van der Waals surface area contributed by atoms with Gasteiger partial charge < -0.3 is 9.64 Å². The highest BCUT2D eigenvalue weighted by Gasteiger charge is 2.22. The average Bonchev–Trinajstić information content (AvgIpc) is 2.40. The van der Waals surface area contributed by atoms with Crippen molar-refractivity contribution in [3.63, 3.8) is 0 Å². The first kappa shape index (κ1) is 15.4. The van der Waals surface area contributed by atoms with E-state index in [-0.39, 0.29) is 10.8 Å². The Morgan fingerprint density at radius 2 is 1.95 bits per heavy atom. The molecule has 1 saturated heterocycles. The molecule has 1 fully saturated rings. The Morgan fingerprint density at radius 3 is 2.50 bits per heavy atom. The normalized spacial score (nSPS) is 16.2. The van der Waals surface area contributed by atoms with Crippen molar-refractivity contribution in [3.05, 3.63) is 27.7 Å². The van der Waals surface area contributed by atoms with Crippen LogP contribution >= 0.6 is 15.9 Å². The third-order valence-corrected chi connectivity index (χ3v) is 5.01. The van der Waals surface area contributed by atoms with Crippen LogP contribution in [0.5, 0.6) is 0 Å². The standard InChI is InChI=1S/C12H15BrN2O4S/c1-8-10(13)6-9(7-11(8)20(14,17)18)12(16)15-2-4-19-5-3-15/h6-7H,2-5H2,1H3,(H2,14,17,18). The Morgan fingerprint density at radius 1 is 1.35 bits per heavy atom. The number of benzene rings is 1. The van der Waals surface area contributed by atoms with Crippen molar-refractivity contribution in [1.82, 2.24) is 4.90 Å². The molecule has 0 spiro atoms. The minimum absolute atomic E-state index is 0.0384. The zero-order chi connectivity index (χ0) is 14.9. The summed E-state index contributed by atoms with van der Waals surface area (Å²) in [5, 5.41) is 5.18. The number of carbonyl (C=O) groups is 1. The molecule has 1 heterocycles. The smallest absolute Gasteiger partial charge is 0.254 e. The maximum atomic E-state index is 12.4. The number of rotatable bonds is 2. The van der Waals surface area contributed by atoms with Crippen LogP contribution in [-0.2, 0) is 14.8 Å². The summed E-state index contributed by atoms with van der Waals surface area (Å²) in [7, 11) is -3.87. The van der Waals surface area contributed by atoms with Crippen LogP contribution in [0.3, 0.4) is 0 Å². The van der Waals surface area contributed by atoms with Crippen molar-refractivity contribution < 1.29 is 17.9 Å². The molecule has 1 amide bonds. The number of hydrogen-bond acceptors (Lipinski definition) is 4. The van der Waals surface area contributed by atoms with Gasteiger partial charge in [-0.2, -0.15) is 0 Å². The molecule has 1 aliphatic rings. The molecular formula is C12H15BrN2O4S. The van der Waals surface area contributed by atoms with E-state index in [1.807, 2.05) is 0 Å². The molecule has 6 nitrogen and oxygen atoms in total. The van der Waals surface area contributed by atoms with Crippen LogP contribution < -0.4 is 5.14 Å². The third kappa shape index (κ3) is 3.20. The molecule has 1 aliphatic heterocycles. The molecule has 0 bridgehead atoms. The summed E-state index contributed by atoms with van der Waals surface area (Å²) in [6.45, 7) is 3.60. The van der Waals surface area contributed by atoms with Gasteiger partial charge in [-0.1, -0.05) is 15.9 Å². The van der Waals surface area contributed by atoms with Gasteiger partial charge in [0.05, 0.1) is 18.1 Å². The zero-order valence-corrected chi connectivity index (χ0v) is 13.3. The van der Waals surface area contributed by atoms with Gasteiger partial charge >= 0.3 is 0 Å². The first-order valence-electron chi connectivity index (χ1n) is 6.00. The van der Waals surface area contributed by atoms with E-state index < -0.39 is 10.0 Å². The molecule has 2 rings (SSSR count). The minimum atomic E-state index is -3.87. The van der Waals surface area contributed by atoms with Crippen LogP contribution in [0.15, 0.2) is 21.5 Å². The molecule has 0 unspecified atom stereocenters. The predicted octanol–water partition coefficient (Wildman–Crippen LogP) is 0.877. The Kier molecular flexibility index (Phi) is 4.48. The van der Waals surface area contributed by atoms with E-state index in [9.17, 15) is 13.2 Å². The molecule has 110 valence electrons. The molecule has 0 atom stereocenters. The number of morpholine rings is 1. The van der Waals surface area contributed by atoms with Gasteiger partial charge in [0, 0.05) is 23.1 Å². The monoisotopic (exact) mass is 362 g/mol. The molecule has 0 aromatic heterocycles. The predicted molar refractivity (Wildman–Crippen MR) is 77.0 cm³/mol. The van der Waals surface area contributed by atoms with Crippen molar-refractivity contribution in [2.24, 2.45) is 5.14 Å². The summed E-state index contributed by atoms with van der Waals surface area (Å²) in [6, 6.07) is 2.94. The van der Waals surface area contributed by atoms with Crippen LogP contribution in [-0.4, -0.2) is 45.5 Å². The molecule has 1 aromatic rings. The lowest BCUT2D eigenvalue weighted by Crippen LogP contribution is -2.40. The van der Waals surface area contributed by atoms with E-state index in [1.165, 1.54) is 6.07 Å². The summed E-state index contributed by atoms with van der Waals surface area (Å²) in [6.07, 6.45) is 0. The number of hydrogen-bond donors (Lipinski definition) is 1. The van der Waals surface area contributed by atoms with Crippen LogP contribution in [0.2, 0.25) is 0 Å². The lowest BCUT2D eigenvalue weighted by atomic mass is 10.1. The number of amides is 1. The molecule has 0 aliphatic carbocycles. The summed E-state index contributed by atoms with van der Waals surface area (Å²) >= 11 is 3.27. The van der Waals surface area contributed by atoms with Crippen molar-refractivity contribution in [1.29, 1.82) is 0 Å². The minimum Gasteiger partial charge on any atom is -0.378 e. The number of halogens is 1. The average molecular weight is 363 g/mol. The molecular weight excluding hydrogens is 348 g/mol. The van der Waals surface area contributed by atoms with Crippen molar-refractivity contribution in [3.8, 4) is 0 Å². The molecule has 0 saturated carbocycles. The van der Waals surface area contributed by atoms with Gasteiger partial charge in [0.2, 0.25) is 10.0 Å². The number of ether oxygens (including phenoxy) is 1. The lowest BCUT2D eigenvalue weighted by Gasteiger charge is -2.27. The highest BCUT2D eigenvalue weighted by atomic mass is 79.9. The summed E-state index contributed by atoms with van der Waals surface area (Å²) in [5.41, 5.74) is 0.791. The van der Waals surface area contributed by atoms with E-state index in [0.717, 1.165) is 0 Å². The first-order chi connectivity index (χ1) is 9.30. The maximum Gasteiger partial charge on any atom is 0.254 e. The second kappa shape index (κ2) is 5.80. The number of primary sulfonamides is 1. The highest BCUT2D eigenvalue weighted by Crippen LogP contribution is 2.26. The van der Waals surface area contributed by atoms with Crippen molar-refractivity contribution in [2.75, 3.05) is 26.3 Å². The van der Waals surface area contributed by atoms with Gasteiger partial charge in [0.15, 0.2) is 0 Å².